The number of rotatable bonds is 2. The van der Waals surface area contributed by atoms with Gasteiger partial charge in [0, 0.05) is 11.6 Å². The molecule has 1 unspecified atom stereocenters. The summed E-state index contributed by atoms with van der Waals surface area (Å²) in [5.74, 6) is 4.63. The number of halogens is 1. The van der Waals surface area contributed by atoms with Crippen molar-refractivity contribution in [1.82, 2.24) is 10.9 Å². The van der Waals surface area contributed by atoms with Gasteiger partial charge in [-0.2, -0.15) is 5.10 Å². The van der Waals surface area contributed by atoms with E-state index in [1.54, 1.807) is 12.1 Å². The Morgan fingerprint density at radius 3 is 2.81 bits per heavy atom. The van der Waals surface area contributed by atoms with E-state index in [0.717, 1.165) is 5.56 Å². The second-order valence-corrected chi connectivity index (χ2v) is 3.87. The van der Waals surface area contributed by atoms with Gasteiger partial charge in [0.25, 0.3) is 5.91 Å². The molecule has 0 aliphatic carbocycles. The van der Waals surface area contributed by atoms with Gasteiger partial charge in [-0.25, -0.2) is 5.84 Å². The fourth-order valence-electron chi connectivity index (χ4n) is 1.65. The summed E-state index contributed by atoms with van der Waals surface area (Å²) in [5.41, 5.74) is 6.25. The molecular weight excluding hydrogens is 228 g/mol. The SMILES string of the molecule is NNC(=O)C1=NNCC1c1ccc(Cl)cc1. The largest absolute Gasteiger partial charge is 0.309 e. The minimum absolute atomic E-state index is 0.0826. The summed E-state index contributed by atoms with van der Waals surface area (Å²) in [6.07, 6.45) is 0. The van der Waals surface area contributed by atoms with Crippen LogP contribution in [-0.2, 0) is 4.79 Å². The van der Waals surface area contributed by atoms with Crippen LogP contribution < -0.4 is 16.7 Å². The Bertz CT molecular complexity index is 429. The van der Waals surface area contributed by atoms with Crippen LogP contribution >= 0.6 is 11.6 Å². The number of carbonyl (C=O) groups is 1. The lowest BCUT2D eigenvalue weighted by Gasteiger charge is -2.10. The maximum absolute atomic E-state index is 11.4. The number of nitrogens with one attached hydrogen (secondary N) is 2. The van der Waals surface area contributed by atoms with E-state index in [9.17, 15) is 4.79 Å². The molecule has 5 nitrogen and oxygen atoms in total. The fraction of sp³-hybridized carbons (Fsp3) is 0.200. The van der Waals surface area contributed by atoms with Crippen LogP contribution in [0.2, 0.25) is 5.02 Å². The summed E-state index contributed by atoms with van der Waals surface area (Å²) in [7, 11) is 0. The van der Waals surface area contributed by atoms with E-state index >= 15 is 0 Å². The monoisotopic (exact) mass is 238 g/mol. The third-order valence-electron chi connectivity index (χ3n) is 2.46. The third kappa shape index (κ3) is 2.00. The van der Waals surface area contributed by atoms with Crippen molar-refractivity contribution in [2.24, 2.45) is 10.9 Å². The summed E-state index contributed by atoms with van der Waals surface area (Å²) in [6.45, 7) is 0.588. The van der Waals surface area contributed by atoms with Crippen molar-refractivity contribution in [3.63, 3.8) is 0 Å². The van der Waals surface area contributed by atoms with Gasteiger partial charge in [-0.3, -0.25) is 10.2 Å². The van der Waals surface area contributed by atoms with Gasteiger partial charge in [-0.05, 0) is 17.7 Å². The number of hydrogen-bond acceptors (Lipinski definition) is 4. The topological polar surface area (TPSA) is 79.5 Å². The molecule has 0 radical (unpaired) electrons. The van der Waals surface area contributed by atoms with E-state index in [4.69, 9.17) is 17.4 Å². The highest BCUT2D eigenvalue weighted by atomic mass is 35.5. The van der Waals surface area contributed by atoms with Gasteiger partial charge in [0.2, 0.25) is 0 Å². The van der Waals surface area contributed by atoms with Gasteiger partial charge in [0.1, 0.15) is 5.71 Å². The first kappa shape index (κ1) is 10.9. The number of benzene rings is 1. The Labute approximate surface area is 97.6 Å². The second kappa shape index (κ2) is 4.51. The Morgan fingerprint density at radius 2 is 2.19 bits per heavy atom. The van der Waals surface area contributed by atoms with Crippen molar-refractivity contribution < 1.29 is 4.79 Å². The Morgan fingerprint density at radius 1 is 1.50 bits per heavy atom. The lowest BCUT2D eigenvalue weighted by atomic mass is 9.94. The number of hydrazine groups is 1. The molecular formula is C10H11ClN4O. The second-order valence-electron chi connectivity index (χ2n) is 3.44. The molecule has 1 aliphatic rings. The number of nitrogens with zero attached hydrogens (tertiary/aromatic N) is 1. The van der Waals surface area contributed by atoms with E-state index in [-0.39, 0.29) is 11.8 Å². The van der Waals surface area contributed by atoms with E-state index in [1.807, 2.05) is 12.1 Å². The lowest BCUT2D eigenvalue weighted by Crippen LogP contribution is -2.38. The van der Waals surface area contributed by atoms with E-state index in [0.29, 0.717) is 17.3 Å². The number of carbonyl (C=O) groups excluding carboxylic acids is 1. The molecule has 4 N–H and O–H groups in total. The summed E-state index contributed by atoms with van der Waals surface area (Å²) in [5, 5.41) is 4.59. The Balaban J connectivity index is 2.25. The molecule has 0 fully saturated rings. The number of hydrogen-bond donors (Lipinski definition) is 3. The van der Waals surface area contributed by atoms with E-state index in [2.05, 4.69) is 16.0 Å². The average Bonchev–Trinajstić information content (AvgIpc) is 2.78. The minimum atomic E-state index is -0.370. The van der Waals surface area contributed by atoms with Gasteiger partial charge in [-0.15, -0.1) is 0 Å². The third-order valence-corrected chi connectivity index (χ3v) is 2.71. The van der Waals surface area contributed by atoms with Crippen molar-refractivity contribution in [2.45, 2.75) is 5.92 Å². The molecule has 0 spiro atoms. The number of nitrogens with two attached hydrogens (primary N) is 1. The first-order valence-corrected chi connectivity index (χ1v) is 5.17. The first-order chi connectivity index (χ1) is 7.72. The fourth-order valence-corrected chi connectivity index (χ4v) is 1.78. The van der Waals surface area contributed by atoms with Gasteiger partial charge in [0.05, 0.1) is 5.92 Å². The highest BCUT2D eigenvalue weighted by Gasteiger charge is 2.28. The molecule has 1 aromatic rings. The van der Waals surface area contributed by atoms with E-state index in [1.165, 1.54) is 0 Å². The molecule has 0 saturated heterocycles. The summed E-state index contributed by atoms with van der Waals surface area (Å²) in [4.78, 5) is 11.4. The molecule has 2 rings (SSSR count). The predicted octanol–water partition coefficient (Wildman–Crippen LogP) is 0.373. The van der Waals surface area contributed by atoms with Crippen molar-refractivity contribution in [3.8, 4) is 0 Å². The van der Waals surface area contributed by atoms with Gasteiger partial charge >= 0.3 is 0 Å². The molecule has 16 heavy (non-hydrogen) atoms. The van der Waals surface area contributed by atoms with Crippen LogP contribution in [0.1, 0.15) is 11.5 Å². The summed E-state index contributed by atoms with van der Waals surface area (Å²) in [6, 6.07) is 7.32. The molecule has 1 aliphatic heterocycles. The Hall–Kier alpha value is -1.59. The molecule has 1 aromatic carbocycles. The highest BCUT2D eigenvalue weighted by molar-refractivity contribution is 6.41. The molecule has 84 valence electrons. The first-order valence-electron chi connectivity index (χ1n) is 4.79. The average molecular weight is 239 g/mol. The zero-order valence-electron chi connectivity index (χ0n) is 8.40. The van der Waals surface area contributed by atoms with Crippen LogP contribution in [0.3, 0.4) is 0 Å². The van der Waals surface area contributed by atoms with E-state index < -0.39 is 0 Å². The maximum Gasteiger partial charge on any atom is 0.282 e. The maximum atomic E-state index is 11.4. The summed E-state index contributed by atoms with van der Waals surface area (Å²) < 4.78 is 0. The van der Waals surface area contributed by atoms with Crippen LogP contribution in [-0.4, -0.2) is 18.2 Å². The van der Waals surface area contributed by atoms with Gasteiger partial charge < -0.3 is 5.43 Å². The molecule has 1 heterocycles. The predicted molar refractivity (Wildman–Crippen MR) is 62.0 cm³/mol. The lowest BCUT2D eigenvalue weighted by molar-refractivity contribution is -0.115. The molecule has 6 heteroatoms. The van der Waals surface area contributed by atoms with Crippen molar-refractivity contribution >= 4 is 23.2 Å². The van der Waals surface area contributed by atoms with Crippen LogP contribution in [0.25, 0.3) is 0 Å². The number of hydrazone groups is 1. The molecule has 1 atom stereocenters. The molecule has 1 amide bonds. The quantitative estimate of drug-likeness (QED) is 0.396. The molecule has 0 saturated carbocycles. The standard InChI is InChI=1S/C10H11ClN4O/c11-7-3-1-6(2-4-7)8-5-13-15-9(8)10(16)14-12/h1-4,8,13H,5,12H2,(H,14,16). The van der Waals surface area contributed by atoms with Gasteiger partial charge in [0.15, 0.2) is 0 Å². The van der Waals surface area contributed by atoms with Crippen molar-refractivity contribution in [2.75, 3.05) is 6.54 Å². The number of amides is 1. The minimum Gasteiger partial charge on any atom is -0.309 e. The summed E-state index contributed by atoms with van der Waals surface area (Å²) >= 11 is 5.80. The Kier molecular flexibility index (Phi) is 3.07. The zero-order valence-corrected chi connectivity index (χ0v) is 9.16. The van der Waals surface area contributed by atoms with Crippen LogP contribution in [0.15, 0.2) is 29.4 Å². The molecule has 0 aromatic heterocycles. The molecule has 0 bridgehead atoms. The van der Waals surface area contributed by atoms with Gasteiger partial charge in [-0.1, -0.05) is 23.7 Å². The van der Waals surface area contributed by atoms with Crippen molar-refractivity contribution in [3.05, 3.63) is 34.9 Å². The van der Waals surface area contributed by atoms with Crippen LogP contribution in [0, 0.1) is 0 Å². The highest BCUT2D eigenvalue weighted by Crippen LogP contribution is 2.22. The smallest absolute Gasteiger partial charge is 0.282 e. The van der Waals surface area contributed by atoms with Crippen LogP contribution in [0.5, 0.6) is 0 Å². The zero-order chi connectivity index (χ0) is 11.5. The van der Waals surface area contributed by atoms with Crippen LogP contribution in [0.4, 0.5) is 0 Å². The normalized spacial score (nSPS) is 18.9. The van der Waals surface area contributed by atoms with Crippen molar-refractivity contribution in [1.29, 1.82) is 0 Å².